The van der Waals surface area contributed by atoms with Gasteiger partial charge in [-0.1, -0.05) is 25.0 Å². The van der Waals surface area contributed by atoms with Crippen molar-refractivity contribution in [3.05, 3.63) is 24.3 Å². The average Bonchev–Trinajstić information content (AvgIpc) is 2.92. The minimum absolute atomic E-state index is 0.570. The fraction of sp³-hybridized carbons (Fsp3) is 0.632. The van der Waals surface area contributed by atoms with Gasteiger partial charge in [0.05, 0.1) is 12.8 Å². The van der Waals surface area contributed by atoms with Crippen LogP contribution < -0.4 is 15.4 Å². The van der Waals surface area contributed by atoms with Crippen LogP contribution in [0.1, 0.15) is 32.1 Å². The van der Waals surface area contributed by atoms with E-state index in [4.69, 9.17) is 15.5 Å². The summed E-state index contributed by atoms with van der Waals surface area (Å²) >= 11 is 0. The summed E-state index contributed by atoms with van der Waals surface area (Å²) in [4.78, 5) is 9.37. The second kappa shape index (κ2) is 8.27. The van der Waals surface area contributed by atoms with Crippen LogP contribution in [0, 0.1) is 5.92 Å². The number of anilines is 1. The maximum Gasteiger partial charge on any atom is 0.191 e. The van der Waals surface area contributed by atoms with Crippen molar-refractivity contribution in [2.45, 2.75) is 32.1 Å². The normalized spacial score (nSPS) is 22.5. The number of methoxy groups -OCH3 is 1. The van der Waals surface area contributed by atoms with E-state index in [-0.39, 0.29) is 0 Å². The lowest BCUT2D eigenvalue weighted by atomic mass is 10.1. The number of likely N-dealkylation sites (tertiary alicyclic amines) is 1. The van der Waals surface area contributed by atoms with E-state index in [0.717, 1.165) is 50.9 Å². The number of hydrogen-bond donors (Lipinski definition) is 1. The number of aliphatic imine (C=N–C) groups is 1. The summed E-state index contributed by atoms with van der Waals surface area (Å²) in [6.45, 7) is 5.04. The van der Waals surface area contributed by atoms with Gasteiger partial charge in [-0.2, -0.15) is 0 Å². The van der Waals surface area contributed by atoms with Gasteiger partial charge in [0, 0.05) is 32.7 Å². The Bertz CT molecular complexity index is 552. The molecule has 0 aromatic heterocycles. The zero-order chi connectivity index (χ0) is 16.8. The topological polar surface area (TPSA) is 54.1 Å². The Morgan fingerprint density at radius 1 is 1.17 bits per heavy atom. The zero-order valence-corrected chi connectivity index (χ0v) is 14.8. The van der Waals surface area contributed by atoms with Crippen molar-refractivity contribution in [2.75, 3.05) is 44.7 Å². The van der Waals surface area contributed by atoms with Gasteiger partial charge in [0.15, 0.2) is 5.96 Å². The number of guanidine groups is 1. The monoisotopic (exact) mass is 330 g/mol. The SMILES string of the molecule is COc1ccccc1N1CCC(CN=C(N)N2CCCCCC2)C1. The quantitative estimate of drug-likeness (QED) is 0.681. The number of benzene rings is 1. The van der Waals surface area contributed by atoms with Crippen LogP contribution in [0.15, 0.2) is 29.3 Å². The van der Waals surface area contributed by atoms with E-state index < -0.39 is 0 Å². The summed E-state index contributed by atoms with van der Waals surface area (Å²) in [6, 6.07) is 8.25. The fourth-order valence-corrected chi connectivity index (χ4v) is 3.71. The van der Waals surface area contributed by atoms with E-state index in [2.05, 4.69) is 21.9 Å². The first-order valence-corrected chi connectivity index (χ1v) is 9.21. The molecule has 2 N–H and O–H groups in total. The molecule has 0 bridgehead atoms. The van der Waals surface area contributed by atoms with Gasteiger partial charge in [-0.05, 0) is 37.3 Å². The molecule has 5 nitrogen and oxygen atoms in total. The molecule has 0 saturated carbocycles. The second-order valence-corrected chi connectivity index (χ2v) is 6.87. The highest BCUT2D eigenvalue weighted by atomic mass is 16.5. The van der Waals surface area contributed by atoms with E-state index in [9.17, 15) is 0 Å². The van der Waals surface area contributed by atoms with Crippen LogP contribution in [0.2, 0.25) is 0 Å². The van der Waals surface area contributed by atoms with Crippen LogP contribution in [0.3, 0.4) is 0 Å². The van der Waals surface area contributed by atoms with Crippen LogP contribution in [0.25, 0.3) is 0 Å². The highest BCUT2D eigenvalue weighted by Crippen LogP contribution is 2.31. The number of rotatable bonds is 4. The maximum absolute atomic E-state index is 6.23. The molecule has 1 atom stereocenters. The average molecular weight is 330 g/mol. The number of ether oxygens (including phenoxy) is 1. The van der Waals surface area contributed by atoms with Crippen molar-refractivity contribution < 1.29 is 4.74 Å². The third-order valence-electron chi connectivity index (χ3n) is 5.15. The summed E-state index contributed by atoms with van der Waals surface area (Å²) < 4.78 is 5.49. The molecular weight excluding hydrogens is 300 g/mol. The smallest absolute Gasteiger partial charge is 0.191 e. The number of hydrogen-bond acceptors (Lipinski definition) is 3. The van der Waals surface area contributed by atoms with Crippen molar-refractivity contribution in [1.29, 1.82) is 0 Å². The summed E-state index contributed by atoms with van der Waals surface area (Å²) in [6.07, 6.45) is 6.28. The predicted octanol–water partition coefficient (Wildman–Crippen LogP) is 2.71. The maximum atomic E-state index is 6.23. The minimum atomic E-state index is 0.570. The summed E-state index contributed by atoms with van der Waals surface area (Å²) in [5.74, 6) is 2.26. The van der Waals surface area contributed by atoms with Gasteiger partial charge in [-0.15, -0.1) is 0 Å². The zero-order valence-electron chi connectivity index (χ0n) is 14.8. The Kier molecular flexibility index (Phi) is 5.83. The van der Waals surface area contributed by atoms with Crippen molar-refractivity contribution >= 4 is 11.6 Å². The van der Waals surface area contributed by atoms with Gasteiger partial charge in [-0.3, -0.25) is 4.99 Å². The molecule has 2 aliphatic rings. The molecule has 24 heavy (non-hydrogen) atoms. The largest absolute Gasteiger partial charge is 0.495 e. The summed E-state index contributed by atoms with van der Waals surface area (Å²) in [5.41, 5.74) is 7.42. The molecular formula is C19H30N4O. The minimum Gasteiger partial charge on any atom is -0.495 e. The molecule has 132 valence electrons. The lowest BCUT2D eigenvalue weighted by Gasteiger charge is -2.22. The Morgan fingerprint density at radius 2 is 1.92 bits per heavy atom. The van der Waals surface area contributed by atoms with Crippen LogP contribution >= 0.6 is 0 Å². The summed E-state index contributed by atoms with van der Waals surface area (Å²) in [5, 5.41) is 0. The molecule has 3 rings (SSSR count). The third-order valence-corrected chi connectivity index (χ3v) is 5.15. The van der Waals surface area contributed by atoms with E-state index >= 15 is 0 Å². The van der Waals surface area contributed by atoms with Crippen molar-refractivity contribution in [3.63, 3.8) is 0 Å². The van der Waals surface area contributed by atoms with Crippen LogP contribution in [-0.4, -0.2) is 50.7 Å². The Labute approximate surface area is 145 Å². The van der Waals surface area contributed by atoms with Gasteiger partial charge in [0.2, 0.25) is 0 Å². The lowest BCUT2D eigenvalue weighted by Crippen LogP contribution is -2.38. The first kappa shape index (κ1) is 16.9. The molecule has 0 radical (unpaired) electrons. The van der Waals surface area contributed by atoms with Crippen LogP contribution in [0.5, 0.6) is 5.75 Å². The molecule has 1 unspecified atom stereocenters. The van der Waals surface area contributed by atoms with Crippen LogP contribution in [-0.2, 0) is 0 Å². The van der Waals surface area contributed by atoms with Gasteiger partial charge in [0.1, 0.15) is 5.75 Å². The Morgan fingerprint density at radius 3 is 2.67 bits per heavy atom. The fourth-order valence-electron chi connectivity index (χ4n) is 3.71. The van der Waals surface area contributed by atoms with Crippen molar-refractivity contribution in [3.8, 4) is 5.75 Å². The molecule has 0 amide bonds. The number of nitrogens with zero attached hydrogens (tertiary/aromatic N) is 3. The number of nitrogens with two attached hydrogens (primary N) is 1. The molecule has 2 saturated heterocycles. The second-order valence-electron chi connectivity index (χ2n) is 6.87. The van der Waals surface area contributed by atoms with Gasteiger partial charge >= 0.3 is 0 Å². The first-order valence-electron chi connectivity index (χ1n) is 9.21. The molecule has 0 spiro atoms. The van der Waals surface area contributed by atoms with Gasteiger partial charge in [-0.25, -0.2) is 0 Å². The lowest BCUT2D eigenvalue weighted by molar-refractivity contribution is 0.414. The van der Waals surface area contributed by atoms with Gasteiger partial charge in [0.25, 0.3) is 0 Å². The highest BCUT2D eigenvalue weighted by Gasteiger charge is 2.24. The molecule has 5 heteroatoms. The van der Waals surface area contributed by atoms with E-state index in [1.54, 1.807) is 7.11 Å². The number of para-hydroxylation sites is 2. The standard InChI is InChI=1S/C19H30N4O/c1-24-18-9-5-4-8-17(18)23-13-10-16(15-23)14-21-19(20)22-11-6-2-3-7-12-22/h4-5,8-9,16H,2-3,6-7,10-15H2,1H3,(H2,20,21). The predicted molar refractivity (Wildman–Crippen MR) is 99.8 cm³/mol. The highest BCUT2D eigenvalue weighted by molar-refractivity contribution is 5.78. The van der Waals surface area contributed by atoms with E-state index in [1.165, 1.54) is 31.4 Å². The van der Waals surface area contributed by atoms with Crippen molar-refractivity contribution in [2.24, 2.45) is 16.6 Å². The molecule has 2 heterocycles. The Hall–Kier alpha value is -1.91. The molecule has 1 aromatic rings. The molecule has 2 aliphatic heterocycles. The first-order chi connectivity index (χ1) is 11.8. The summed E-state index contributed by atoms with van der Waals surface area (Å²) in [7, 11) is 1.73. The van der Waals surface area contributed by atoms with E-state index in [0.29, 0.717) is 5.92 Å². The van der Waals surface area contributed by atoms with Gasteiger partial charge < -0.3 is 20.3 Å². The molecule has 2 fully saturated rings. The van der Waals surface area contributed by atoms with Crippen LogP contribution in [0.4, 0.5) is 5.69 Å². The molecule has 0 aliphatic carbocycles. The Balaban J connectivity index is 1.55. The van der Waals surface area contributed by atoms with Crippen molar-refractivity contribution in [1.82, 2.24) is 4.90 Å². The molecule has 1 aromatic carbocycles. The third kappa shape index (κ3) is 4.13. The van der Waals surface area contributed by atoms with E-state index in [1.807, 2.05) is 12.1 Å².